The highest BCUT2D eigenvalue weighted by molar-refractivity contribution is 7.91. The molecule has 0 aromatic rings. The lowest BCUT2D eigenvalue weighted by molar-refractivity contribution is 0.0352. The zero-order valence-electron chi connectivity index (χ0n) is 13.0. The molecular formula is C15H29NO3S. The molecular weight excluding hydrogens is 274 g/mol. The van der Waals surface area contributed by atoms with Gasteiger partial charge in [-0.05, 0) is 51.0 Å². The SMILES string of the molecule is CC(C)NCC(CC1CCC(C)O1)C1CCS(=O)(=O)C1. The van der Waals surface area contributed by atoms with Crippen LogP contribution in [0.4, 0.5) is 0 Å². The van der Waals surface area contributed by atoms with Gasteiger partial charge in [0.05, 0.1) is 23.7 Å². The van der Waals surface area contributed by atoms with Crippen LogP contribution in [0.1, 0.15) is 46.5 Å². The number of sulfone groups is 1. The molecule has 2 aliphatic heterocycles. The maximum absolute atomic E-state index is 11.7. The standard InChI is InChI=1S/C15H29NO3S/c1-11(2)16-9-14(8-15-5-4-12(3)19-15)13-6-7-20(17,18)10-13/h11-16H,4-10H2,1-3H3. The molecule has 0 aliphatic carbocycles. The molecule has 5 heteroatoms. The first-order chi connectivity index (χ1) is 9.35. The van der Waals surface area contributed by atoms with E-state index in [9.17, 15) is 8.42 Å². The van der Waals surface area contributed by atoms with Crippen LogP contribution in [0, 0.1) is 11.8 Å². The van der Waals surface area contributed by atoms with Crippen molar-refractivity contribution in [2.45, 2.75) is 64.7 Å². The lowest BCUT2D eigenvalue weighted by Crippen LogP contribution is -2.35. The van der Waals surface area contributed by atoms with E-state index >= 15 is 0 Å². The average molecular weight is 303 g/mol. The Bertz CT molecular complexity index is 407. The van der Waals surface area contributed by atoms with Gasteiger partial charge in [-0.25, -0.2) is 8.42 Å². The minimum absolute atomic E-state index is 0.311. The van der Waals surface area contributed by atoms with Gasteiger partial charge in [0.2, 0.25) is 0 Å². The summed E-state index contributed by atoms with van der Waals surface area (Å²) in [4.78, 5) is 0. The van der Waals surface area contributed by atoms with Crippen LogP contribution < -0.4 is 5.32 Å². The van der Waals surface area contributed by atoms with Gasteiger partial charge in [0.25, 0.3) is 0 Å². The molecule has 0 spiro atoms. The van der Waals surface area contributed by atoms with Crippen LogP contribution in [0.3, 0.4) is 0 Å². The molecule has 2 rings (SSSR count). The summed E-state index contributed by atoms with van der Waals surface area (Å²) in [7, 11) is -2.79. The van der Waals surface area contributed by atoms with Crippen molar-refractivity contribution in [1.82, 2.24) is 5.32 Å². The monoisotopic (exact) mass is 303 g/mol. The van der Waals surface area contributed by atoms with Crippen LogP contribution in [0.5, 0.6) is 0 Å². The van der Waals surface area contributed by atoms with Crippen LogP contribution in [0.2, 0.25) is 0 Å². The molecule has 20 heavy (non-hydrogen) atoms. The topological polar surface area (TPSA) is 55.4 Å². The fraction of sp³-hybridized carbons (Fsp3) is 1.00. The Morgan fingerprint density at radius 2 is 2.00 bits per heavy atom. The molecule has 0 bridgehead atoms. The summed E-state index contributed by atoms with van der Waals surface area (Å²) >= 11 is 0. The molecule has 2 saturated heterocycles. The van der Waals surface area contributed by atoms with Crippen LogP contribution in [-0.4, -0.2) is 44.7 Å². The lowest BCUT2D eigenvalue weighted by atomic mass is 9.86. The predicted molar refractivity (Wildman–Crippen MR) is 81.6 cm³/mol. The minimum Gasteiger partial charge on any atom is -0.375 e. The molecule has 4 nitrogen and oxygen atoms in total. The van der Waals surface area contributed by atoms with Crippen molar-refractivity contribution in [3.63, 3.8) is 0 Å². The van der Waals surface area contributed by atoms with Crippen molar-refractivity contribution in [1.29, 1.82) is 0 Å². The maximum Gasteiger partial charge on any atom is 0.150 e. The summed E-state index contributed by atoms with van der Waals surface area (Å²) in [5, 5.41) is 3.48. The molecule has 0 amide bonds. The highest BCUT2D eigenvalue weighted by atomic mass is 32.2. The normalized spacial score (nSPS) is 34.7. The number of hydrogen-bond donors (Lipinski definition) is 1. The van der Waals surface area contributed by atoms with Gasteiger partial charge in [0, 0.05) is 6.04 Å². The highest BCUT2D eigenvalue weighted by Crippen LogP contribution is 2.32. The fourth-order valence-electron chi connectivity index (χ4n) is 3.42. The minimum atomic E-state index is -2.79. The zero-order chi connectivity index (χ0) is 14.8. The number of ether oxygens (including phenoxy) is 1. The third kappa shape index (κ3) is 4.71. The largest absolute Gasteiger partial charge is 0.375 e. The fourth-order valence-corrected chi connectivity index (χ4v) is 5.34. The van der Waals surface area contributed by atoms with Gasteiger partial charge in [-0.1, -0.05) is 13.8 Å². The summed E-state index contributed by atoms with van der Waals surface area (Å²) in [6.07, 6.45) is 4.79. The van der Waals surface area contributed by atoms with E-state index in [0.717, 1.165) is 32.2 Å². The third-order valence-electron chi connectivity index (χ3n) is 4.61. The second-order valence-corrected chi connectivity index (χ2v) is 9.10. The second kappa shape index (κ2) is 6.75. The van der Waals surface area contributed by atoms with E-state index in [1.54, 1.807) is 0 Å². The smallest absolute Gasteiger partial charge is 0.150 e. The van der Waals surface area contributed by atoms with E-state index in [1.165, 1.54) is 0 Å². The maximum atomic E-state index is 11.7. The Balaban J connectivity index is 1.93. The first kappa shape index (κ1) is 16.2. The Morgan fingerprint density at radius 3 is 2.50 bits per heavy atom. The van der Waals surface area contributed by atoms with Gasteiger partial charge in [0.15, 0.2) is 9.84 Å². The van der Waals surface area contributed by atoms with E-state index < -0.39 is 9.84 Å². The molecule has 0 aromatic carbocycles. The Kier molecular flexibility index (Phi) is 5.49. The molecule has 2 aliphatic rings. The van der Waals surface area contributed by atoms with Crippen LogP contribution in [-0.2, 0) is 14.6 Å². The summed E-state index contributed by atoms with van der Waals surface area (Å²) in [5.74, 6) is 1.48. The first-order valence-corrected chi connectivity index (χ1v) is 9.77. The first-order valence-electron chi connectivity index (χ1n) is 7.95. The average Bonchev–Trinajstić information content (AvgIpc) is 2.90. The molecule has 2 fully saturated rings. The summed E-state index contributed by atoms with van der Waals surface area (Å²) in [6, 6.07) is 0.443. The quantitative estimate of drug-likeness (QED) is 0.815. The number of hydrogen-bond acceptors (Lipinski definition) is 4. The van der Waals surface area contributed by atoms with Crippen molar-refractivity contribution in [3.05, 3.63) is 0 Å². The Hall–Kier alpha value is -0.130. The van der Waals surface area contributed by atoms with Crippen LogP contribution in [0.15, 0.2) is 0 Å². The third-order valence-corrected chi connectivity index (χ3v) is 6.40. The highest BCUT2D eigenvalue weighted by Gasteiger charge is 2.36. The van der Waals surface area contributed by atoms with E-state index in [-0.39, 0.29) is 0 Å². The summed E-state index contributed by atoms with van der Waals surface area (Å²) in [5.41, 5.74) is 0. The van der Waals surface area contributed by atoms with Crippen molar-refractivity contribution < 1.29 is 13.2 Å². The van der Waals surface area contributed by atoms with E-state index in [1.807, 2.05) is 0 Å². The number of rotatable bonds is 6. The van der Waals surface area contributed by atoms with Crippen molar-refractivity contribution in [3.8, 4) is 0 Å². The van der Waals surface area contributed by atoms with Crippen LogP contribution in [0.25, 0.3) is 0 Å². The molecule has 4 unspecified atom stereocenters. The van der Waals surface area contributed by atoms with Gasteiger partial charge in [-0.15, -0.1) is 0 Å². The Morgan fingerprint density at radius 1 is 1.25 bits per heavy atom. The van der Waals surface area contributed by atoms with Crippen molar-refractivity contribution >= 4 is 9.84 Å². The van der Waals surface area contributed by atoms with Gasteiger partial charge >= 0.3 is 0 Å². The van der Waals surface area contributed by atoms with Crippen molar-refractivity contribution in [2.75, 3.05) is 18.1 Å². The molecule has 0 saturated carbocycles. The zero-order valence-corrected chi connectivity index (χ0v) is 13.8. The van der Waals surface area contributed by atoms with Gasteiger partial charge in [-0.2, -0.15) is 0 Å². The summed E-state index contributed by atoms with van der Waals surface area (Å²) < 4.78 is 29.4. The number of nitrogens with one attached hydrogen (secondary N) is 1. The van der Waals surface area contributed by atoms with E-state index in [4.69, 9.17) is 4.74 Å². The van der Waals surface area contributed by atoms with Crippen LogP contribution >= 0.6 is 0 Å². The molecule has 118 valence electrons. The molecule has 4 atom stereocenters. The van der Waals surface area contributed by atoms with Gasteiger partial charge in [0.1, 0.15) is 0 Å². The van der Waals surface area contributed by atoms with E-state index in [2.05, 4.69) is 26.1 Å². The molecule has 2 heterocycles. The molecule has 1 N–H and O–H groups in total. The molecule has 0 radical (unpaired) electrons. The molecule has 0 aromatic heterocycles. The van der Waals surface area contributed by atoms with Gasteiger partial charge in [-0.3, -0.25) is 0 Å². The summed E-state index contributed by atoms with van der Waals surface area (Å²) in [6.45, 7) is 7.31. The lowest BCUT2D eigenvalue weighted by Gasteiger charge is -2.27. The Labute approximate surface area is 123 Å². The van der Waals surface area contributed by atoms with Gasteiger partial charge < -0.3 is 10.1 Å². The van der Waals surface area contributed by atoms with E-state index in [0.29, 0.717) is 41.6 Å². The van der Waals surface area contributed by atoms with Crippen molar-refractivity contribution in [2.24, 2.45) is 11.8 Å². The second-order valence-electron chi connectivity index (χ2n) is 6.87. The predicted octanol–water partition coefficient (Wildman–Crippen LogP) is 1.99.